The highest BCUT2D eigenvalue weighted by Gasteiger charge is 2.33. The summed E-state index contributed by atoms with van der Waals surface area (Å²) in [6.45, 7) is 2.92. The smallest absolute Gasteiger partial charge is 0.138 e. The third-order valence-corrected chi connectivity index (χ3v) is 4.96. The van der Waals surface area contributed by atoms with Crippen molar-refractivity contribution in [1.82, 2.24) is 10.2 Å². The molecule has 0 saturated carbocycles. The highest BCUT2D eigenvalue weighted by Crippen LogP contribution is 2.34. The maximum atomic E-state index is 10.1. The maximum Gasteiger partial charge on any atom is 0.138 e. The normalized spacial score (nSPS) is 27.3. The average molecular weight is 315 g/mol. The summed E-state index contributed by atoms with van der Waals surface area (Å²) in [5.41, 5.74) is 0.826. The van der Waals surface area contributed by atoms with Gasteiger partial charge in [-0.15, -0.1) is 0 Å². The summed E-state index contributed by atoms with van der Waals surface area (Å²) in [4.78, 5) is 2.45. The van der Waals surface area contributed by atoms with E-state index in [1.54, 1.807) is 6.07 Å². The average Bonchev–Trinajstić information content (AvgIpc) is 3.05. The van der Waals surface area contributed by atoms with Gasteiger partial charge in [-0.1, -0.05) is 23.2 Å². The van der Waals surface area contributed by atoms with E-state index in [1.165, 1.54) is 25.7 Å². The van der Waals surface area contributed by atoms with Crippen LogP contribution in [-0.2, 0) is 6.54 Å². The van der Waals surface area contributed by atoms with Crippen LogP contribution in [0.4, 0.5) is 0 Å². The van der Waals surface area contributed by atoms with Crippen molar-refractivity contribution in [2.24, 2.45) is 0 Å². The highest BCUT2D eigenvalue weighted by atomic mass is 35.5. The van der Waals surface area contributed by atoms with E-state index >= 15 is 0 Å². The molecule has 2 aliphatic heterocycles. The molecule has 0 spiro atoms. The molecule has 3 rings (SSSR count). The van der Waals surface area contributed by atoms with E-state index in [-0.39, 0.29) is 5.75 Å². The van der Waals surface area contributed by atoms with Crippen LogP contribution in [0.5, 0.6) is 5.75 Å². The van der Waals surface area contributed by atoms with Crippen LogP contribution in [0, 0.1) is 0 Å². The first-order valence-electron chi connectivity index (χ1n) is 7.29. The number of rotatable bonds is 3. The van der Waals surface area contributed by atoms with Gasteiger partial charge in [-0.05, 0) is 50.9 Å². The summed E-state index contributed by atoms with van der Waals surface area (Å²) in [5.74, 6) is 0.168. The molecule has 0 radical (unpaired) electrons. The first-order valence-corrected chi connectivity index (χ1v) is 8.05. The number of phenolic OH excluding ortho intramolecular Hbond substituents is 1. The van der Waals surface area contributed by atoms with E-state index in [0.29, 0.717) is 22.1 Å². The molecule has 2 fully saturated rings. The van der Waals surface area contributed by atoms with Crippen LogP contribution in [0.3, 0.4) is 0 Å². The van der Waals surface area contributed by atoms with E-state index < -0.39 is 0 Å². The summed E-state index contributed by atoms with van der Waals surface area (Å²) in [6.07, 6.45) is 4.97. The second kappa shape index (κ2) is 6.10. The molecule has 5 heteroatoms. The summed E-state index contributed by atoms with van der Waals surface area (Å²) >= 11 is 12.0. The van der Waals surface area contributed by atoms with Gasteiger partial charge in [0.2, 0.25) is 0 Å². The standard InChI is InChI=1S/C15H20Cl2N2O/c16-11-7-10(15(20)12(17)8-11)9-19-6-2-4-14(19)13-3-1-5-18-13/h7-8,13-14,18,20H,1-6,9H2. The van der Waals surface area contributed by atoms with Gasteiger partial charge >= 0.3 is 0 Å². The minimum atomic E-state index is 0.168. The number of benzene rings is 1. The summed E-state index contributed by atoms with van der Waals surface area (Å²) in [6, 6.07) is 4.56. The molecule has 2 heterocycles. The predicted octanol–water partition coefficient (Wildman–Crippen LogP) is 3.42. The fourth-order valence-electron chi connectivity index (χ4n) is 3.50. The zero-order valence-corrected chi connectivity index (χ0v) is 12.9. The van der Waals surface area contributed by atoms with Crippen molar-refractivity contribution in [3.05, 3.63) is 27.7 Å². The van der Waals surface area contributed by atoms with Crippen molar-refractivity contribution in [1.29, 1.82) is 0 Å². The van der Waals surface area contributed by atoms with Crippen LogP contribution in [0.25, 0.3) is 0 Å². The molecule has 0 amide bonds. The van der Waals surface area contributed by atoms with Crippen molar-refractivity contribution in [2.45, 2.75) is 44.3 Å². The molecule has 2 saturated heterocycles. The molecule has 2 N–H and O–H groups in total. The van der Waals surface area contributed by atoms with Crippen molar-refractivity contribution in [3.63, 3.8) is 0 Å². The predicted molar refractivity (Wildman–Crippen MR) is 82.6 cm³/mol. The molecular weight excluding hydrogens is 295 g/mol. The number of hydrogen-bond acceptors (Lipinski definition) is 3. The Morgan fingerprint density at radius 1 is 1.25 bits per heavy atom. The maximum absolute atomic E-state index is 10.1. The van der Waals surface area contributed by atoms with E-state index in [9.17, 15) is 5.11 Å². The molecule has 1 aromatic rings. The zero-order valence-electron chi connectivity index (χ0n) is 11.4. The zero-order chi connectivity index (χ0) is 14.1. The van der Waals surface area contributed by atoms with Crippen LogP contribution in [0.15, 0.2) is 12.1 Å². The van der Waals surface area contributed by atoms with Crippen molar-refractivity contribution >= 4 is 23.2 Å². The van der Waals surface area contributed by atoms with Crippen LogP contribution in [-0.4, -0.2) is 35.2 Å². The lowest BCUT2D eigenvalue weighted by atomic mass is 10.0. The van der Waals surface area contributed by atoms with Gasteiger partial charge in [0.25, 0.3) is 0 Å². The second-order valence-corrected chi connectivity index (χ2v) is 6.62. The lowest BCUT2D eigenvalue weighted by Crippen LogP contribution is -2.43. The number of likely N-dealkylation sites (tertiary alicyclic amines) is 1. The van der Waals surface area contributed by atoms with Crippen LogP contribution >= 0.6 is 23.2 Å². The molecule has 2 atom stereocenters. The van der Waals surface area contributed by atoms with Crippen molar-refractivity contribution in [3.8, 4) is 5.75 Å². The molecule has 1 aromatic carbocycles. The van der Waals surface area contributed by atoms with Gasteiger partial charge in [-0.2, -0.15) is 0 Å². The van der Waals surface area contributed by atoms with Gasteiger partial charge in [0, 0.05) is 29.2 Å². The van der Waals surface area contributed by atoms with Crippen molar-refractivity contribution < 1.29 is 5.11 Å². The first-order chi connectivity index (χ1) is 9.65. The Balaban J connectivity index is 1.76. The van der Waals surface area contributed by atoms with Gasteiger partial charge in [0.05, 0.1) is 5.02 Å². The topological polar surface area (TPSA) is 35.5 Å². The summed E-state index contributed by atoms with van der Waals surface area (Å²) in [7, 11) is 0. The molecule has 110 valence electrons. The Morgan fingerprint density at radius 2 is 2.10 bits per heavy atom. The van der Waals surface area contributed by atoms with E-state index in [0.717, 1.165) is 25.2 Å². The van der Waals surface area contributed by atoms with Crippen LogP contribution in [0.1, 0.15) is 31.2 Å². The van der Waals surface area contributed by atoms with Crippen LogP contribution in [0.2, 0.25) is 10.0 Å². The Bertz CT molecular complexity index is 489. The van der Waals surface area contributed by atoms with Gasteiger partial charge in [0.15, 0.2) is 0 Å². The molecule has 0 aromatic heterocycles. The lowest BCUT2D eigenvalue weighted by molar-refractivity contribution is 0.204. The molecule has 2 aliphatic rings. The number of halogens is 2. The molecule has 20 heavy (non-hydrogen) atoms. The van der Waals surface area contributed by atoms with E-state index in [4.69, 9.17) is 23.2 Å². The van der Waals surface area contributed by atoms with E-state index in [2.05, 4.69) is 10.2 Å². The quantitative estimate of drug-likeness (QED) is 0.897. The molecule has 0 aliphatic carbocycles. The van der Waals surface area contributed by atoms with Gasteiger partial charge in [-0.25, -0.2) is 0 Å². The second-order valence-electron chi connectivity index (χ2n) is 5.78. The first kappa shape index (κ1) is 14.5. The van der Waals surface area contributed by atoms with E-state index in [1.807, 2.05) is 6.07 Å². The van der Waals surface area contributed by atoms with Gasteiger partial charge < -0.3 is 10.4 Å². The Hall–Kier alpha value is -0.480. The number of nitrogens with one attached hydrogen (secondary N) is 1. The monoisotopic (exact) mass is 314 g/mol. The largest absolute Gasteiger partial charge is 0.506 e. The van der Waals surface area contributed by atoms with Crippen LogP contribution < -0.4 is 5.32 Å². The number of aromatic hydroxyl groups is 1. The number of nitrogens with zero attached hydrogens (tertiary/aromatic N) is 1. The molecular formula is C15H20Cl2N2O. The number of hydrogen-bond donors (Lipinski definition) is 2. The fourth-order valence-corrected chi connectivity index (χ4v) is 4.04. The molecule has 0 bridgehead atoms. The van der Waals surface area contributed by atoms with Gasteiger partial charge in [0.1, 0.15) is 5.75 Å². The molecule has 2 unspecified atom stereocenters. The minimum absolute atomic E-state index is 0.168. The van der Waals surface area contributed by atoms with Gasteiger partial charge in [-0.3, -0.25) is 4.90 Å². The van der Waals surface area contributed by atoms with Crippen molar-refractivity contribution in [2.75, 3.05) is 13.1 Å². The fraction of sp³-hybridized carbons (Fsp3) is 0.600. The number of phenols is 1. The Labute approximate surface area is 129 Å². The Kier molecular flexibility index (Phi) is 4.41. The third kappa shape index (κ3) is 2.91. The molecule has 3 nitrogen and oxygen atoms in total. The summed E-state index contributed by atoms with van der Waals surface area (Å²) in [5, 5.41) is 14.6. The Morgan fingerprint density at radius 3 is 2.85 bits per heavy atom. The highest BCUT2D eigenvalue weighted by molar-refractivity contribution is 6.35. The summed E-state index contributed by atoms with van der Waals surface area (Å²) < 4.78 is 0. The SMILES string of the molecule is Oc1c(Cl)cc(Cl)cc1CN1CCCC1C1CCCN1. The third-order valence-electron chi connectivity index (χ3n) is 4.46. The lowest BCUT2D eigenvalue weighted by Gasteiger charge is -2.29. The minimum Gasteiger partial charge on any atom is -0.506 e.